The molecule has 1 N–H and O–H groups in total. The number of aliphatic hydroxyl groups excluding tert-OH is 1. The van der Waals surface area contributed by atoms with Gasteiger partial charge in [-0.15, -0.1) is 0 Å². The minimum atomic E-state index is -4.01. The van der Waals surface area contributed by atoms with Crippen LogP contribution in [0.5, 0.6) is 0 Å². The van der Waals surface area contributed by atoms with E-state index < -0.39 is 86.0 Å². The molecule has 0 bridgehead atoms. The monoisotopic (exact) mass is 540 g/mol. The summed E-state index contributed by atoms with van der Waals surface area (Å²) in [5.74, 6) is -4.79. The second kappa shape index (κ2) is 8.64. The number of alkyl halides is 1. The van der Waals surface area contributed by atoms with Crippen molar-refractivity contribution in [3.8, 4) is 0 Å². The number of ether oxygens (including phenoxy) is 1. The highest BCUT2D eigenvalue weighted by molar-refractivity contribution is 7.86. The molecule has 0 aromatic heterocycles. The molecule has 4 aliphatic rings. The third-order valence-corrected chi connectivity index (χ3v) is 9.95. The highest BCUT2D eigenvalue weighted by atomic mass is 32.2. The molecule has 3 saturated carbocycles. The minimum Gasteiger partial charge on any atom is -0.450 e. The lowest BCUT2D eigenvalue weighted by molar-refractivity contribution is -0.227. The van der Waals surface area contributed by atoms with Crippen LogP contribution in [0, 0.1) is 28.6 Å². The van der Waals surface area contributed by atoms with Crippen LogP contribution in [0.3, 0.4) is 0 Å². The fraction of sp³-hybridized carbons (Fsp3) is 0.692. The number of allylic oxidation sites excluding steroid dienone is 4. The SMILES string of the molecule is CCC(=O)O[C@]1(C(=O)COS(C)(=O)=O)[C@@H](C)C[C@H]2[C@@H]3CC(=O)C4=CC(=O)C=C[C@]4(C)[C@@]3(F)[C@@H](O)C[C@@]21C. The zero-order chi connectivity index (χ0) is 27.8. The van der Waals surface area contributed by atoms with Crippen LogP contribution in [-0.4, -0.2) is 67.1 Å². The predicted molar refractivity (Wildman–Crippen MR) is 128 cm³/mol. The molecule has 0 saturated heterocycles. The van der Waals surface area contributed by atoms with E-state index in [2.05, 4.69) is 0 Å². The van der Waals surface area contributed by atoms with Crippen molar-refractivity contribution in [3.63, 3.8) is 0 Å². The van der Waals surface area contributed by atoms with Crippen LogP contribution < -0.4 is 0 Å². The normalized spacial score (nSPS) is 42.9. The fourth-order valence-corrected chi connectivity index (χ4v) is 8.07. The third-order valence-electron chi connectivity index (χ3n) is 9.41. The molecule has 4 rings (SSSR count). The first-order valence-corrected chi connectivity index (χ1v) is 14.2. The van der Waals surface area contributed by atoms with Crippen LogP contribution >= 0.6 is 0 Å². The summed E-state index contributed by atoms with van der Waals surface area (Å²) in [4.78, 5) is 51.6. The Labute approximate surface area is 215 Å². The van der Waals surface area contributed by atoms with E-state index in [1.54, 1.807) is 20.8 Å². The Balaban J connectivity index is 1.86. The molecule has 0 aromatic carbocycles. The van der Waals surface area contributed by atoms with Crippen molar-refractivity contribution in [3.05, 3.63) is 23.8 Å². The smallest absolute Gasteiger partial charge is 0.306 e. The number of hydrogen-bond acceptors (Lipinski definition) is 9. The second-order valence-electron chi connectivity index (χ2n) is 11.3. The van der Waals surface area contributed by atoms with Gasteiger partial charge in [0.25, 0.3) is 10.1 Å². The van der Waals surface area contributed by atoms with Gasteiger partial charge in [-0.3, -0.25) is 23.4 Å². The van der Waals surface area contributed by atoms with Gasteiger partial charge in [0.15, 0.2) is 22.8 Å². The van der Waals surface area contributed by atoms with E-state index in [0.717, 1.165) is 12.3 Å². The van der Waals surface area contributed by atoms with Gasteiger partial charge in [0, 0.05) is 35.7 Å². The molecule has 0 aliphatic heterocycles. The fourth-order valence-electron chi connectivity index (χ4n) is 7.75. The van der Waals surface area contributed by atoms with Gasteiger partial charge in [-0.2, -0.15) is 8.42 Å². The number of halogens is 1. The Morgan fingerprint density at radius 2 is 1.86 bits per heavy atom. The number of Topliss-reactive ketones (excluding diaryl/α,β-unsaturated/α-hetero) is 2. The van der Waals surface area contributed by atoms with E-state index in [0.29, 0.717) is 0 Å². The Kier molecular flexibility index (Phi) is 6.49. The summed E-state index contributed by atoms with van der Waals surface area (Å²) in [5, 5.41) is 11.5. The lowest BCUT2D eigenvalue weighted by atomic mass is 9.44. The van der Waals surface area contributed by atoms with Crippen molar-refractivity contribution in [2.24, 2.45) is 28.6 Å². The summed E-state index contributed by atoms with van der Waals surface area (Å²) in [6.45, 7) is 5.43. The maximum atomic E-state index is 17.4. The molecule has 0 spiro atoms. The number of fused-ring (bicyclic) bond motifs is 5. The van der Waals surface area contributed by atoms with Gasteiger partial charge in [0.05, 0.1) is 17.8 Å². The second-order valence-corrected chi connectivity index (χ2v) is 13.0. The van der Waals surface area contributed by atoms with Crippen molar-refractivity contribution in [1.82, 2.24) is 0 Å². The molecule has 3 fully saturated rings. The molecular formula is C26H33FO9S. The molecular weight excluding hydrogens is 507 g/mol. The van der Waals surface area contributed by atoms with Gasteiger partial charge in [0.1, 0.15) is 6.61 Å². The van der Waals surface area contributed by atoms with Crippen molar-refractivity contribution in [2.45, 2.75) is 70.8 Å². The van der Waals surface area contributed by atoms with E-state index in [-0.39, 0.29) is 31.3 Å². The Morgan fingerprint density at radius 3 is 2.46 bits per heavy atom. The quantitative estimate of drug-likeness (QED) is 0.396. The number of carbonyl (C=O) groups is 4. The summed E-state index contributed by atoms with van der Waals surface area (Å²) in [5.41, 5.74) is -7.14. The third kappa shape index (κ3) is 3.71. The topological polar surface area (TPSA) is 141 Å². The maximum Gasteiger partial charge on any atom is 0.306 e. The van der Waals surface area contributed by atoms with Gasteiger partial charge < -0.3 is 9.84 Å². The average Bonchev–Trinajstić information content (AvgIpc) is 3.02. The Hall–Kier alpha value is -2.24. The molecule has 9 nitrogen and oxygen atoms in total. The number of carbonyl (C=O) groups excluding carboxylic acids is 4. The Morgan fingerprint density at radius 1 is 1.22 bits per heavy atom. The van der Waals surface area contributed by atoms with Crippen molar-refractivity contribution in [2.75, 3.05) is 12.9 Å². The van der Waals surface area contributed by atoms with E-state index >= 15 is 4.39 Å². The predicted octanol–water partition coefficient (Wildman–Crippen LogP) is 2.02. The number of hydrogen-bond donors (Lipinski definition) is 1. The number of aliphatic hydroxyl groups is 1. The van der Waals surface area contributed by atoms with Gasteiger partial charge >= 0.3 is 5.97 Å². The molecule has 4 aliphatic carbocycles. The summed E-state index contributed by atoms with van der Waals surface area (Å²) < 4.78 is 51.3. The van der Waals surface area contributed by atoms with Crippen LogP contribution in [0.2, 0.25) is 0 Å². The number of ketones is 3. The van der Waals surface area contributed by atoms with Crippen LogP contribution in [0.15, 0.2) is 23.8 Å². The molecule has 204 valence electrons. The van der Waals surface area contributed by atoms with Gasteiger partial charge in [-0.25, -0.2) is 4.39 Å². The molecule has 11 heteroatoms. The van der Waals surface area contributed by atoms with Crippen LogP contribution in [0.25, 0.3) is 0 Å². The van der Waals surface area contributed by atoms with E-state index in [1.807, 2.05) is 0 Å². The zero-order valence-corrected chi connectivity index (χ0v) is 22.4. The van der Waals surface area contributed by atoms with Crippen molar-refractivity contribution >= 4 is 33.4 Å². The lowest BCUT2D eigenvalue weighted by Crippen LogP contribution is -2.71. The van der Waals surface area contributed by atoms with E-state index in [1.165, 1.54) is 19.1 Å². The highest BCUT2D eigenvalue weighted by Crippen LogP contribution is 2.71. The minimum absolute atomic E-state index is 0.00810. The largest absolute Gasteiger partial charge is 0.450 e. The standard InChI is InChI=1S/C26H33FO9S/c1-6-22(32)36-26(21(31)13-35-37(5,33)34)14(2)9-16-17-11-19(29)18-10-15(28)7-8-23(18,3)25(17,27)20(30)12-24(16,26)4/h7-8,10,14,16-17,20,30H,6,9,11-13H2,1-5H3/t14-,16-,17-,20-,23-,24-,25-,26-/m0/s1. The van der Waals surface area contributed by atoms with Crippen LogP contribution in [0.4, 0.5) is 4.39 Å². The average molecular weight is 541 g/mol. The van der Waals surface area contributed by atoms with Crippen LogP contribution in [0.1, 0.15) is 53.4 Å². The van der Waals surface area contributed by atoms with Crippen molar-refractivity contribution in [1.29, 1.82) is 0 Å². The summed E-state index contributed by atoms with van der Waals surface area (Å²) in [6.07, 6.45) is 2.28. The van der Waals surface area contributed by atoms with Gasteiger partial charge in [-0.1, -0.05) is 26.8 Å². The number of esters is 1. The van der Waals surface area contributed by atoms with Crippen LogP contribution in [-0.2, 0) is 38.2 Å². The lowest BCUT2D eigenvalue weighted by Gasteiger charge is -2.62. The Bertz CT molecular complexity index is 1240. The molecule has 0 radical (unpaired) electrons. The summed E-state index contributed by atoms with van der Waals surface area (Å²) in [7, 11) is -4.01. The molecule has 37 heavy (non-hydrogen) atoms. The zero-order valence-electron chi connectivity index (χ0n) is 21.6. The molecule has 0 amide bonds. The van der Waals surface area contributed by atoms with Gasteiger partial charge in [0.2, 0.25) is 5.78 Å². The highest BCUT2D eigenvalue weighted by Gasteiger charge is 2.78. The summed E-state index contributed by atoms with van der Waals surface area (Å²) in [6, 6.07) is 0. The van der Waals surface area contributed by atoms with Crippen molar-refractivity contribution < 1.29 is 46.0 Å². The first kappa shape index (κ1) is 27.8. The van der Waals surface area contributed by atoms with E-state index in [9.17, 15) is 32.7 Å². The molecule has 0 unspecified atom stereocenters. The maximum absolute atomic E-state index is 17.4. The first-order valence-electron chi connectivity index (χ1n) is 12.4. The molecule has 8 atom stereocenters. The van der Waals surface area contributed by atoms with E-state index in [4.69, 9.17) is 8.92 Å². The first-order chi connectivity index (χ1) is 17.0. The molecule has 0 aromatic rings. The summed E-state index contributed by atoms with van der Waals surface area (Å²) >= 11 is 0. The number of rotatable bonds is 6. The van der Waals surface area contributed by atoms with Gasteiger partial charge in [-0.05, 0) is 37.8 Å². The molecule has 0 heterocycles.